The van der Waals surface area contributed by atoms with E-state index in [4.69, 9.17) is 28.3 Å². The third-order valence-corrected chi connectivity index (χ3v) is 4.58. The van der Waals surface area contributed by atoms with Crippen molar-refractivity contribution in [3.05, 3.63) is 69.3 Å². The molecule has 6 heteroatoms. The number of carbonyl (C=O) groups is 2. The highest BCUT2D eigenvalue weighted by Gasteiger charge is 2.23. The molecule has 1 heterocycles. The maximum Gasteiger partial charge on any atom is 0.307 e. The van der Waals surface area contributed by atoms with Crippen LogP contribution >= 0.6 is 23.2 Å². The van der Waals surface area contributed by atoms with Gasteiger partial charge in [-0.3, -0.25) is 14.2 Å². The van der Waals surface area contributed by atoms with Crippen LogP contribution in [0.1, 0.15) is 21.6 Å². The second-order valence-corrected chi connectivity index (χ2v) is 6.20. The van der Waals surface area contributed by atoms with E-state index in [1.165, 1.54) is 4.57 Å². The quantitative estimate of drug-likeness (QED) is 0.742. The van der Waals surface area contributed by atoms with Gasteiger partial charge in [0.2, 0.25) is 0 Å². The van der Waals surface area contributed by atoms with E-state index in [2.05, 4.69) is 0 Å². The molecule has 0 saturated heterocycles. The number of aliphatic carboxylic acids is 1. The molecule has 122 valence electrons. The SMILES string of the molecule is Cc1c(CC(=O)O)c2ccccc2n1C(=O)c1c(Cl)cccc1Cl. The van der Waals surface area contributed by atoms with Crippen LogP contribution in [0.3, 0.4) is 0 Å². The lowest BCUT2D eigenvalue weighted by Crippen LogP contribution is -2.15. The summed E-state index contributed by atoms with van der Waals surface area (Å²) >= 11 is 12.3. The zero-order chi connectivity index (χ0) is 17.4. The molecule has 0 unspecified atom stereocenters. The van der Waals surface area contributed by atoms with E-state index < -0.39 is 5.97 Å². The Morgan fingerprint density at radius 2 is 1.67 bits per heavy atom. The fraction of sp³-hybridized carbons (Fsp3) is 0.111. The van der Waals surface area contributed by atoms with Crippen molar-refractivity contribution in [2.45, 2.75) is 13.3 Å². The number of carbonyl (C=O) groups excluding carboxylic acids is 1. The van der Waals surface area contributed by atoms with Gasteiger partial charge in [0.05, 0.1) is 27.5 Å². The van der Waals surface area contributed by atoms with Crippen molar-refractivity contribution >= 4 is 46.0 Å². The Hall–Kier alpha value is -2.30. The monoisotopic (exact) mass is 361 g/mol. The first kappa shape index (κ1) is 16.6. The molecule has 0 spiro atoms. The van der Waals surface area contributed by atoms with Gasteiger partial charge in [-0.25, -0.2) is 0 Å². The van der Waals surface area contributed by atoms with Crippen molar-refractivity contribution in [1.82, 2.24) is 4.57 Å². The molecule has 0 amide bonds. The number of carboxylic acid groups (broad SMARTS) is 1. The fourth-order valence-electron chi connectivity index (χ4n) is 2.88. The van der Waals surface area contributed by atoms with Gasteiger partial charge in [-0.1, -0.05) is 47.5 Å². The summed E-state index contributed by atoms with van der Waals surface area (Å²) in [4.78, 5) is 24.3. The molecule has 0 aliphatic heterocycles. The number of rotatable bonds is 3. The van der Waals surface area contributed by atoms with E-state index in [1.807, 2.05) is 6.07 Å². The summed E-state index contributed by atoms with van der Waals surface area (Å²) in [6, 6.07) is 12.0. The van der Waals surface area contributed by atoms with Crippen molar-refractivity contribution < 1.29 is 14.7 Å². The first-order valence-electron chi connectivity index (χ1n) is 7.21. The van der Waals surface area contributed by atoms with Crippen molar-refractivity contribution in [2.75, 3.05) is 0 Å². The summed E-state index contributed by atoms with van der Waals surface area (Å²) in [5, 5.41) is 10.4. The lowest BCUT2D eigenvalue weighted by atomic mass is 10.1. The van der Waals surface area contributed by atoms with Crippen molar-refractivity contribution in [1.29, 1.82) is 0 Å². The Labute approximate surface area is 148 Å². The van der Waals surface area contributed by atoms with Gasteiger partial charge in [-0.15, -0.1) is 0 Å². The number of nitrogens with zero attached hydrogens (tertiary/aromatic N) is 1. The maximum absolute atomic E-state index is 13.1. The van der Waals surface area contributed by atoms with Crippen LogP contribution in [0.5, 0.6) is 0 Å². The third kappa shape index (κ3) is 2.68. The topological polar surface area (TPSA) is 59.3 Å². The van der Waals surface area contributed by atoms with Crippen LogP contribution in [0.2, 0.25) is 10.0 Å². The lowest BCUT2D eigenvalue weighted by molar-refractivity contribution is -0.136. The van der Waals surface area contributed by atoms with Crippen LogP contribution in [-0.2, 0) is 11.2 Å². The average Bonchev–Trinajstić information content (AvgIpc) is 2.79. The van der Waals surface area contributed by atoms with E-state index in [0.29, 0.717) is 16.8 Å². The molecule has 24 heavy (non-hydrogen) atoms. The minimum absolute atomic E-state index is 0.164. The van der Waals surface area contributed by atoms with Crippen molar-refractivity contribution in [3.63, 3.8) is 0 Å². The number of carboxylic acids is 1. The van der Waals surface area contributed by atoms with Crippen LogP contribution in [0, 0.1) is 6.92 Å². The van der Waals surface area contributed by atoms with Crippen molar-refractivity contribution in [2.24, 2.45) is 0 Å². The predicted molar refractivity (Wildman–Crippen MR) is 94.2 cm³/mol. The molecule has 0 fully saturated rings. The summed E-state index contributed by atoms with van der Waals surface area (Å²) in [6.45, 7) is 1.72. The summed E-state index contributed by atoms with van der Waals surface area (Å²) in [7, 11) is 0. The Morgan fingerprint density at radius 1 is 1.04 bits per heavy atom. The Kier molecular flexibility index (Phi) is 4.35. The van der Waals surface area contributed by atoms with E-state index >= 15 is 0 Å². The van der Waals surface area contributed by atoms with Gasteiger partial charge in [0.1, 0.15) is 0 Å². The second-order valence-electron chi connectivity index (χ2n) is 5.39. The molecule has 0 radical (unpaired) electrons. The molecule has 4 nitrogen and oxygen atoms in total. The Morgan fingerprint density at radius 3 is 2.29 bits per heavy atom. The largest absolute Gasteiger partial charge is 0.481 e. The van der Waals surface area contributed by atoms with Gasteiger partial charge in [-0.2, -0.15) is 0 Å². The van der Waals surface area contributed by atoms with Crippen LogP contribution in [0.15, 0.2) is 42.5 Å². The van der Waals surface area contributed by atoms with Gasteiger partial charge in [0.15, 0.2) is 0 Å². The maximum atomic E-state index is 13.1. The number of halogens is 2. The van der Waals surface area contributed by atoms with Gasteiger partial charge >= 0.3 is 5.97 Å². The number of hydrogen-bond acceptors (Lipinski definition) is 2. The van der Waals surface area contributed by atoms with Gasteiger partial charge in [-0.05, 0) is 30.7 Å². The van der Waals surface area contributed by atoms with Gasteiger partial charge in [0.25, 0.3) is 5.91 Å². The summed E-state index contributed by atoms with van der Waals surface area (Å²) in [6.07, 6.45) is -0.164. The first-order valence-corrected chi connectivity index (χ1v) is 7.97. The first-order chi connectivity index (χ1) is 11.4. The van der Waals surface area contributed by atoms with Crippen LogP contribution in [0.25, 0.3) is 10.9 Å². The number of para-hydroxylation sites is 1. The number of benzene rings is 2. The predicted octanol–water partition coefficient (Wildman–Crippen LogP) is 4.57. The van der Waals surface area contributed by atoms with E-state index in [9.17, 15) is 9.59 Å². The van der Waals surface area contributed by atoms with Crippen LogP contribution in [-0.4, -0.2) is 21.6 Å². The molecule has 0 aliphatic carbocycles. The molecule has 2 aromatic carbocycles. The minimum Gasteiger partial charge on any atom is -0.481 e. The zero-order valence-electron chi connectivity index (χ0n) is 12.7. The number of hydrogen-bond donors (Lipinski definition) is 1. The molecule has 0 aliphatic rings. The molecule has 3 aromatic rings. The van der Waals surface area contributed by atoms with E-state index in [0.717, 1.165) is 5.39 Å². The minimum atomic E-state index is -0.954. The molecule has 0 bridgehead atoms. The Balaban J connectivity index is 2.29. The van der Waals surface area contributed by atoms with E-state index in [-0.39, 0.29) is 27.9 Å². The molecule has 0 saturated carbocycles. The highest BCUT2D eigenvalue weighted by molar-refractivity contribution is 6.40. The molecular weight excluding hydrogens is 349 g/mol. The molecule has 0 atom stereocenters. The second kappa shape index (κ2) is 6.30. The molecule has 3 rings (SSSR count). The zero-order valence-corrected chi connectivity index (χ0v) is 14.2. The third-order valence-electron chi connectivity index (χ3n) is 3.95. The molecular formula is C18H13Cl2NO3. The van der Waals surface area contributed by atoms with Gasteiger partial charge in [0, 0.05) is 11.1 Å². The summed E-state index contributed by atoms with van der Waals surface area (Å²) < 4.78 is 1.47. The molecule has 1 aromatic heterocycles. The molecule has 1 N–H and O–H groups in total. The Bertz CT molecular complexity index is 956. The van der Waals surface area contributed by atoms with E-state index in [1.54, 1.807) is 43.3 Å². The van der Waals surface area contributed by atoms with Crippen molar-refractivity contribution in [3.8, 4) is 0 Å². The van der Waals surface area contributed by atoms with Gasteiger partial charge < -0.3 is 5.11 Å². The average molecular weight is 362 g/mol. The number of fused-ring (bicyclic) bond motifs is 1. The highest BCUT2D eigenvalue weighted by atomic mass is 35.5. The standard InChI is InChI=1S/C18H13Cl2NO3/c1-10-12(9-16(22)23)11-5-2-3-8-15(11)21(10)18(24)17-13(19)6-4-7-14(17)20/h2-8H,9H2,1H3,(H,22,23). The lowest BCUT2D eigenvalue weighted by Gasteiger charge is -2.10. The smallest absolute Gasteiger partial charge is 0.307 e. The highest BCUT2D eigenvalue weighted by Crippen LogP contribution is 2.31. The summed E-state index contributed by atoms with van der Waals surface area (Å²) in [5.74, 6) is -1.33. The normalized spacial score (nSPS) is 11.0. The van der Waals surface area contributed by atoms with Crippen LogP contribution in [0.4, 0.5) is 0 Å². The fourth-order valence-corrected chi connectivity index (χ4v) is 3.44. The number of aromatic nitrogens is 1. The van der Waals surface area contributed by atoms with Crippen LogP contribution < -0.4 is 0 Å². The summed E-state index contributed by atoms with van der Waals surface area (Å²) in [5.41, 5.74) is 2.01.